The predicted octanol–water partition coefficient (Wildman–Crippen LogP) is 3.15. The van der Waals surface area contributed by atoms with Gasteiger partial charge in [0.1, 0.15) is 0 Å². The van der Waals surface area contributed by atoms with Crippen molar-refractivity contribution in [3.8, 4) is 11.5 Å². The summed E-state index contributed by atoms with van der Waals surface area (Å²) >= 11 is 5.88. The van der Waals surface area contributed by atoms with Crippen molar-refractivity contribution in [2.75, 3.05) is 6.79 Å². The molecule has 4 rings (SSSR count). The molecule has 0 N–H and O–H groups in total. The van der Waals surface area contributed by atoms with Crippen molar-refractivity contribution in [2.24, 2.45) is 0 Å². The normalized spacial score (nSPS) is 15.9. The zero-order valence-electron chi connectivity index (χ0n) is 12.4. The number of hydrogen-bond acceptors (Lipinski definition) is 5. The maximum atomic E-state index is 12.1. The number of carbonyl (C=O) groups is 2. The van der Waals surface area contributed by atoms with Gasteiger partial charge in [-0.1, -0.05) is 29.8 Å². The van der Waals surface area contributed by atoms with Crippen LogP contribution >= 0.6 is 11.6 Å². The molecule has 2 aromatic carbocycles. The van der Waals surface area contributed by atoms with E-state index in [4.69, 9.17) is 25.8 Å². The van der Waals surface area contributed by atoms with E-state index in [1.165, 1.54) is 0 Å². The van der Waals surface area contributed by atoms with Gasteiger partial charge in [0, 0.05) is 11.4 Å². The number of carbonyl (C=O) groups excluding carboxylic acids is 2. The molecule has 2 aromatic rings. The summed E-state index contributed by atoms with van der Waals surface area (Å²) in [6.07, 6.45) is 0.283. The highest BCUT2D eigenvalue weighted by molar-refractivity contribution is 6.31. The molecule has 0 aromatic heterocycles. The molecular formula is C18H11ClO5. The summed E-state index contributed by atoms with van der Waals surface area (Å²) in [6.45, 7) is 0.138. The van der Waals surface area contributed by atoms with Crippen molar-refractivity contribution in [2.45, 2.75) is 6.42 Å². The molecule has 0 unspecified atom stereocenters. The van der Waals surface area contributed by atoms with E-state index in [0.717, 1.165) is 5.56 Å². The molecule has 24 heavy (non-hydrogen) atoms. The third kappa shape index (κ3) is 2.53. The number of halogens is 1. The lowest BCUT2D eigenvalue weighted by molar-refractivity contribution is -0.150. The van der Waals surface area contributed by atoms with E-state index >= 15 is 0 Å². The molecule has 0 spiro atoms. The van der Waals surface area contributed by atoms with E-state index in [1.807, 2.05) is 12.1 Å². The zero-order chi connectivity index (χ0) is 16.7. The van der Waals surface area contributed by atoms with Crippen LogP contribution in [0.1, 0.15) is 11.1 Å². The first-order valence-electron chi connectivity index (χ1n) is 7.26. The number of esters is 2. The van der Waals surface area contributed by atoms with Gasteiger partial charge in [0.15, 0.2) is 11.5 Å². The van der Waals surface area contributed by atoms with Crippen LogP contribution in [0.25, 0.3) is 5.57 Å². The van der Waals surface area contributed by atoms with Crippen LogP contribution in [0, 0.1) is 0 Å². The predicted molar refractivity (Wildman–Crippen MR) is 85.7 cm³/mol. The van der Waals surface area contributed by atoms with Crippen LogP contribution in [0.4, 0.5) is 0 Å². The lowest BCUT2D eigenvalue weighted by atomic mass is 9.96. The fraction of sp³-hybridized carbons (Fsp3) is 0.111. The lowest BCUT2D eigenvalue weighted by Crippen LogP contribution is -2.03. The van der Waals surface area contributed by atoms with E-state index < -0.39 is 11.9 Å². The summed E-state index contributed by atoms with van der Waals surface area (Å²) in [6, 6.07) is 12.2. The molecule has 0 fully saturated rings. The second kappa shape index (κ2) is 5.69. The van der Waals surface area contributed by atoms with Gasteiger partial charge in [0.2, 0.25) is 6.79 Å². The maximum Gasteiger partial charge on any atom is 0.347 e. The van der Waals surface area contributed by atoms with E-state index in [-0.39, 0.29) is 18.8 Å². The van der Waals surface area contributed by atoms with Crippen molar-refractivity contribution in [1.82, 2.24) is 0 Å². The Hall–Kier alpha value is -2.79. The zero-order valence-corrected chi connectivity index (χ0v) is 13.1. The number of fused-ring (bicyclic) bond motifs is 1. The van der Waals surface area contributed by atoms with Gasteiger partial charge in [-0.15, -0.1) is 0 Å². The van der Waals surface area contributed by atoms with Crippen LogP contribution in [-0.4, -0.2) is 18.7 Å². The van der Waals surface area contributed by atoms with Gasteiger partial charge < -0.3 is 14.2 Å². The Morgan fingerprint density at radius 1 is 0.917 bits per heavy atom. The second-order valence-corrected chi connectivity index (χ2v) is 5.84. The molecular weight excluding hydrogens is 332 g/mol. The van der Waals surface area contributed by atoms with Gasteiger partial charge in [0.05, 0.1) is 11.1 Å². The van der Waals surface area contributed by atoms with Crippen molar-refractivity contribution >= 4 is 29.1 Å². The average molecular weight is 343 g/mol. The van der Waals surface area contributed by atoms with Crippen molar-refractivity contribution in [3.63, 3.8) is 0 Å². The van der Waals surface area contributed by atoms with Gasteiger partial charge in [0.25, 0.3) is 0 Å². The molecule has 0 saturated heterocycles. The molecule has 5 nitrogen and oxygen atoms in total. The Kier molecular flexibility index (Phi) is 3.50. The second-order valence-electron chi connectivity index (χ2n) is 5.40. The minimum absolute atomic E-state index is 0.138. The SMILES string of the molecule is O=C1OC(=O)C(c2ccc3c(c2)OCO3)=C1Cc1ccc(Cl)cc1. The van der Waals surface area contributed by atoms with Gasteiger partial charge in [-0.3, -0.25) is 0 Å². The first-order chi connectivity index (χ1) is 11.6. The highest BCUT2D eigenvalue weighted by Crippen LogP contribution is 2.37. The van der Waals surface area contributed by atoms with Crippen LogP contribution in [0.15, 0.2) is 48.0 Å². The standard InChI is InChI=1S/C18H11ClO5/c19-12-4-1-10(2-5-12)7-13-16(18(21)24-17(13)20)11-3-6-14-15(8-11)23-9-22-14/h1-6,8H,7,9H2. The Balaban J connectivity index is 1.76. The number of rotatable bonds is 3. The van der Waals surface area contributed by atoms with Crippen LogP contribution in [0.3, 0.4) is 0 Å². The first-order valence-corrected chi connectivity index (χ1v) is 7.64. The molecule has 2 aliphatic rings. The minimum Gasteiger partial charge on any atom is -0.454 e. The summed E-state index contributed by atoms with van der Waals surface area (Å²) in [7, 11) is 0. The molecule has 0 aliphatic carbocycles. The van der Waals surface area contributed by atoms with Crippen LogP contribution in [0.5, 0.6) is 11.5 Å². The van der Waals surface area contributed by atoms with Crippen LogP contribution in [0.2, 0.25) is 5.02 Å². The topological polar surface area (TPSA) is 61.8 Å². The average Bonchev–Trinajstić information content (AvgIpc) is 3.13. The third-order valence-corrected chi connectivity index (χ3v) is 4.15. The summed E-state index contributed by atoms with van der Waals surface area (Å²) in [5.41, 5.74) is 2.01. The fourth-order valence-electron chi connectivity index (χ4n) is 2.73. The lowest BCUT2D eigenvalue weighted by Gasteiger charge is -2.05. The largest absolute Gasteiger partial charge is 0.454 e. The Morgan fingerprint density at radius 2 is 1.67 bits per heavy atom. The van der Waals surface area contributed by atoms with E-state index in [9.17, 15) is 9.59 Å². The fourth-order valence-corrected chi connectivity index (χ4v) is 2.86. The number of ether oxygens (including phenoxy) is 3. The van der Waals surface area contributed by atoms with Gasteiger partial charge in [-0.2, -0.15) is 0 Å². The Bertz CT molecular complexity index is 883. The molecule has 0 amide bonds. The molecule has 6 heteroatoms. The molecule has 2 heterocycles. The smallest absolute Gasteiger partial charge is 0.347 e. The summed E-state index contributed by atoms with van der Waals surface area (Å²) in [4.78, 5) is 24.2. The van der Waals surface area contributed by atoms with Crippen molar-refractivity contribution in [3.05, 3.63) is 64.2 Å². The van der Waals surface area contributed by atoms with E-state index in [0.29, 0.717) is 27.7 Å². The van der Waals surface area contributed by atoms with E-state index in [1.54, 1.807) is 30.3 Å². The minimum atomic E-state index is -0.650. The maximum absolute atomic E-state index is 12.1. The van der Waals surface area contributed by atoms with Crippen molar-refractivity contribution < 1.29 is 23.8 Å². The van der Waals surface area contributed by atoms with E-state index in [2.05, 4.69) is 0 Å². The quantitative estimate of drug-likeness (QED) is 0.633. The molecule has 0 bridgehead atoms. The number of benzene rings is 2. The van der Waals surface area contributed by atoms with Crippen LogP contribution < -0.4 is 9.47 Å². The van der Waals surface area contributed by atoms with Gasteiger partial charge >= 0.3 is 11.9 Å². The molecule has 0 atom stereocenters. The molecule has 2 aliphatic heterocycles. The Morgan fingerprint density at radius 3 is 2.46 bits per heavy atom. The number of hydrogen-bond donors (Lipinski definition) is 0. The Labute approximate surface area is 142 Å². The summed E-state index contributed by atoms with van der Waals surface area (Å²) in [5.74, 6) is -0.125. The monoisotopic (exact) mass is 342 g/mol. The third-order valence-electron chi connectivity index (χ3n) is 3.89. The first kappa shape index (κ1) is 14.8. The molecule has 0 radical (unpaired) electrons. The highest BCUT2D eigenvalue weighted by atomic mass is 35.5. The summed E-state index contributed by atoms with van der Waals surface area (Å²) in [5, 5.41) is 0.605. The summed E-state index contributed by atoms with van der Waals surface area (Å²) < 4.78 is 15.4. The van der Waals surface area contributed by atoms with Gasteiger partial charge in [-0.25, -0.2) is 9.59 Å². The number of cyclic esters (lactones) is 2. The highest BCUT2D eigenvalue weighted by Gasteiger charge is 2.34. The molecule has 120 valence electrons. The molecule has 0 saturated carbocycles. The van der Waals surface area contributed by atoms with Gasteiger partial charge in [-0.05, 0) is 35.4 Å². The van der Waals surface area contributed by atoms with Crippen molar-refractivity contribution in [1.29, 1.82) is 0 Å². The van der Waals surface area contributed by atoms with Crippen LogP contribution in [-0.2, 0) is 20.7 Å².